The molecule has 9 heteroatoms. The summed E-state index contributed by atoms with van der Waals surface area (Å²) in [6, 6.07) is 12.2. The molecule has 0 aliphatic rings. The summed E-state index contributed by atoms with van der Waals surface area (Å²) in [6.45, 7) is 6.04. The van der Waals surface area contributed by atoms with Gasteiger partial charge in [-0.3, -0.25) is 15.1 Å². The Labute approximate surface area is 178 Å². The van der Waals surface area contributed by atoms with Crippen LogP contribution < -0.4 is 16.0 Å². The lowest BCUT2D eigenvalue weighted by molar-refractivity contribution is 0.0958. The number of rotatable bonds is 5. The molecule has 0 radical (unpaired) electrons. The number of hydrogen-bond donors (Lipinski definition) is 3. The van der Waals surface area contributed by atoms with Crippen molar-refractivity contribution in [1.82, 2.24) is 15.5 Å². The summed E-state index contributed by atoms with van der Waals surface area (Å²) in [4.78, 5) is 29.8. The van der Waals surface area contributed by atoms with E-state index in [-0.39, 0.29) is 17.2 Å². The maximum atomic E-state index is 12.2. The maximum Gasteiger partial charge on any atom is 0.326 e. The minimum absolute atomic E-state index is 0.163. The highest BCUT2D eigenvalue weighted by molar-refractivity contribution is 7.99. The van der Waals surface area contributed by atoms with Gasteiger partial charge in [0.1, 0.15) is 5.69 Å². The Morgan fingerprint density at radius 2 is 1.73 bits per heavy atom. The second-order valence-electron chi connectivity index (χ2n) is 7.49. The van der Waals surface area contributed by atoms with Crippen molar-refractivity contribution in [2.45, 2.75) is 36.0 Å². The molecule has 0 fully saturated rings. The highest BCUT2D eigenvalue weighted by atomic mass is 32.2. The number of hydrogen-bond acceptors (Lipinski definition) is 6. The SMILES string of the molecule is CNC(=O)c1cc(Sc2ccc(NC(=O)Nc3cc(C(C)(C)C)no3)cc2)ccn1. The van der Waals surface area contributed by atoms with Crippen LogP contribution in [-0.2, 0) is 5.41 Å². The fraction of sp³-hybridized carbons (Fsp3) is 0.238. The number of benzene rings is 1. The Bertz CT molecular complexity index is 1040. The number of urea groups is 1. The van der Waals surface area contributed by atoms with Crippen LogP contribution >= 0.6 is 11.8 Å². The largest absolute Gasteiger partial charge is 0.354 e. The van der Waals surface area contributed by atoms with Crippen LogP contribution in [0.3, 0.4) is 0 Å². The summed E-state index contributed by atoms with van der Waals surface area (Å²) in [5.41, 5.74) is 1.59. The molecule has 0 saturated heterocycles. The fourth-order valence-corrected chi connectivity index (χ4v) is 3.27. The van der Waals surface area contributed by atoms with Crippen molar-refractivity contribution in [2.75, 3.05) is 17.7 Å². The lowest BCUT2D eigenvalue weighted by Gasteiger charge is -2.12. The fourth-order valence-electron chi connectivity index (χ4n) is 2.43. The molecule has 0 saturated carbocycles. The number of carbonyl (C=O) groups excluding carboxylic acids is 2. The van der Waals surface area contributed by atoms with Crippen molar-refractivity contribution in [3.8, 4) is 0 Å². The topological polar surface area (TPSA) is 109 Å². The molecule has 8 nitrogen and oxygen atoms in total. The van der Waals surface area contributed by atoms with E-state index in [1.807, 2.05) is 39.0 Å². The first-order valence-electron chi connectivity index (χ1n) is 9.26. The number of nitrogens with one attached hydrogen (secondary N) is 3. The van der Waals surface area contributed by atoms with Crippen molar-refractivity contribution < 1.29 is 14.1 Å². The van der Waals surface area contributed by atoms with Crippen molar-refractivity contribution in [3.63, 3.8) is 0 Å². The van der Waals surface area contributed by atoms with E-state index < -0.39 is 6.03 Å². The van der Waals surface area contributed by atoms with Gasteiger partial charge in [-0.25, -0.2) is 4.79 Å². The maximum absolute atomic E-state index is 12.2. The van der Waals surface area contributed by atoms with E-state index in [4.69, 9.17) is 4.52 Å². The molecule has 3 rings (SSSR count). The quantitative estimate of drug-likeness (QED) is 0.554. The van der Waals surface area contributed by atoms with Gasteiger partial charge in [0, 0.05) is 40.2 Å². The summed E-state index contributed by atoms with van der Waals surface area (Å²) >= 11 is 1.49. The van der Waals surface area contributed by atoms with Crippen molar-refractivity contribution >= 4 is 35.3 Å². The monoisotopic (exact) mass is 425 g/mol. The van der Waals surface area contributed by atoms with E-state index in [1.54, 1.807) is 37.5 Å². The first kappa shape index (κ1) is 21.4. The highest BCUT2D eigenvalue weighted by Crippen LogP contribution is 2.29. The van der Waals surface area contributed by atoms with Crippen LogP contribution in [0.25, 0.3) is 0 Å². The van der Waals surface area contributed by atoms with Gasteiger partial charge in [0.25, 0.3) is 5.91 Å². The number of pyridine rings is 1. The number of amides is 3. The molecule has 0 aliphatic carbocycles. The Morgan fingerprint density at radius 1 is 1.00 bits per heavy atom. The van der Waals surface area contributed by atoms with Crippen LogP contribution in [0.15, 0.2) is 63.0 Å². The van der Waals surface area contributed by atoms with Crippen LogP contribution in [0.5, 0.6) is 0 Å². The zero-order valence-electron chi connectivity index (χ0n) is 17.1. The molecular weight excluding hydrogens is 402 g/mol. The smallest absolute Gasteiger partial charge is 0.326 e. The van der Waals surface area contributed by atoms with E-state index in [1.165, 1.54) is 11.8 Å². The summed E-state index contributed by atoms with van der Waals surface area (Å²) in [5, 5.41) is 11.9. The third-order valence-corrected chi connectivity index (χ3v) is 5.05. The lowest BCUT2D eigenvalue weighted by Crippen LogP contribution is -2.19. The zero-order valence-corrected chi connectivity index (χ0v) is 18.0. The Balaban J connectivity index is 1.58. The molecule has 3 N–H and O–H groups in total. The summed E-state index contributed by atoms with van der Waals surface area (Å²) < 4.78 is 5.16. The van der Waals surface area contributed by atoms with Crippen molar-refractivity contribution in [3.05, 3.63) is 60.0 Å². The second kappa shape index (κ2) is 9.00. The average molecular weight is 426 g/mol. The molecule has 3 aromatic rings. The number of aromatic nitrogens is 2. The normalized spacial score (nSPS) is 11.1. The molecule has 2 heterocycles. The Morgan fingerprint density at radius 3 is 2.37 bits per heavy atom. The van der Waals surface area contributed by atoms with E-state index in [0.29, 0.717) is 11.4 Å². The average Bonchev–Trinajstić information content (AvgIpc) is 3.18. The molecule has 156 valence electrons. The number of anilines is 2. The molecule has 0 unspecified atom stereocenters. The van der Waals surface area contributed by atoms with E-state index in [0.717, 1.165) is 15.5 Å². The molecule has 0 aliphatic heterocycles. The van der Waals surface area contributed by atoms with Gasteiger partial charge >= 0.3 is 6.03 Å². The number of nitrogens with zero attached hydrogens (tertiary/aromatic N) is 2. The molecule has 2 aromatic heterocycles. The standard InChI is InChI=1S/C21H23N5O3S/c1-21(2,3)17-12-18(29-26-17)25-20(28)24-13-5-7-14(8-6-13)30-15-9-10-23-16(11-15)19(27)22-4/h5-12H,1-4H3,(H,22,27)(H2,24,25,28). The third-order valence-electron chi connectivity index (χ3n) is 4.05. The van der Waals surface area contributed by atoms with Gasteiger partial charge in [0.2, 0.25) is 5.88 Å². The van der Waals surface area contributed by atoms with E-state index >= 15 is 0 Å². The zero-order chi connectivity index (χ0) is 21.7. The first-order valence-corrected chi connectivity index (χ1v) is 10.1. The van der Waals surface area contributed by atoms with Gasteiger partial charge in [-0.1, -0.05) is 37.7 Å². The molecular formula is C21H23N5O3S. The third kappa shape index (κ3) is 5.60. The molecule has 0 atom stereocenters. The predicted molar refractivity (Wildman–Crippen MR) is 116 cm³/mol. The van der Waals surface area contributed by atoms with Gasteiger partial charge in [0.05, 0.1) is 5.69 Å². The van der Waals surface area contributed by atoms with E-state index in [9.17, 15) is 9.59 Å². The first-order chi connectivity index (χ1) is 14.2. The molecule has 0 bridgehead atoms. The van der Waals surface area contributed by atoms with Crippen LogP contribution in [-0.4, -0.2) is 29.1 Å². The second-order valence-corrected chi connectivity index (χ2v) is 8.63. The number of carbonyl (C=O) groups is 2. The minimum Gasteiger partial charge on any atom is -0.354 e. The molecule has 3 amide bonds. The minimum atomic E-state index is -0.420. The Kier molecular flexibility index (Phi) is 6.41. The van der Waals surface area contributed by atoms with Gasteiger partial charge < -0.3 is 15.2 Å². The van der Waals surface area contributed by atoms with Gasteiger partial charge in [0.15, 0.2) is 0 Å². The van der Waals surface area contributed by atoms with Crippen molar-refractivity contribution in [2.24, 2.45) is 0 Å². The lowest BCUT2D eigenvalue weighted by atomic mass is 9.92. The van der Waals surface area contributed by atoms with Crippen LogP contribution in [0.1, 0.15) is 37.0 Å². The highest BCUT2D eigenvalue weighted by Gasteiger charge is 2.19. The molecule has 0 spiro atoms. The van der Waals surface area contributed by atoms with Gasteiger partial charge in [-0.05, 0) is 36.4 Å². The summed E-state index contributed by atoms with van der Waals surface area (Å²) in [6.07, 6.45) is 1.60. The summed E-state index contributed by atoms with van der Waals surface area (Å²) in [7, 11) is 1.57. The molecule has 1 aromatic carbocycles. The van der Waals surface area contributed by atoms with Crippen LogP contribution in [0.4, 0.5) is 16.4 Å². The van der Waals surface area contributed by atoms with Crippen molar-refractivity contribution in [1.29, 1.82) is 0 Å². The molecule has 30 heavy (non-hydrogen) atoms. The van der Waals surface area contributed by atoms with Gasteiger partial charge in [-0.2, -0.15) is 0 Å². The Hall–Kier alpha value is -3.33. The predicted octanol–water partition coefficient (Wildman–Crippen LogP) is 4.52. The van der Waals surface area contributed by atoms with Crippen LogP contribution in [0.2, 0.25) is 0 Å². The summed E-state index contributed by atoms with van der Waals surface area (Å²) in [5.74, 6) is 0.0543. The van der Waals surface area contributed by atoms with Crippen LogP contribution in [0, 0.1) is 0 Å². The van der Waals surface area contributed by atoms with Gasteiger partial charge in [-0.15, -0.1) is 0 Å². The van der Waals surface area contributed by atoms with E-state index in [2.05, 4.69) is 26.1 Å².